The number of halogens is 3. The number of rotatable bonds is 4. The highest BCUT2D eigenvalue weighted by Gasteiger charge is 2.18. The van der Waals surface area contributed by atoms with Crippen molar-refractivity contribution in [2.75, 3.05) is 11.8 Å². The quantitative estimate of drug-likeness (QED) is 0.610. The van der Waals surface area contributed by atoms with Gasteiger partial charge in [-0.3, -0.25) is 0 Å². The van der Waals surface area contributed by atoms with E-state index >= 15 is 0 Å². The Labute approximate surface area is 93.9 Å². The second kappa shape index (κ2) is 9.45. The monoisotopic (exact) mass is 269 g/mol. The van der Waals surface area contributed by atoms with Gasteiger partial charge < -0.3 is 0 Å². The Hall–Kier alpha value is 0.890. The largest absolute Gasteiger partial charge is 0.692 e. The maximum atomic E-state index is 8.70. The number of alkyl halides is 3. The second-order valence-electron chi connectivity index (χ2n) is 2.54. The van der Waals surface area contributed by atoms with Crippen LogP contribution in [0.15, 0.2) is 0 Å². The van der Waals surface area contributed by atoms with E-state index in [1.54, 1.807) is 0 Å². The molecule has 0 heterocycles. The second-order valence-corrected chi connectivity index (χ2v) is 4.72. The summed E-state index contributed by atoms with van der Waals surface area (Å²) >= 11 is 17.0. The Balaban J connectivity index is 0. The van der Waals surface area contributed by atoms with Gasteiger partial charge in [0, 0.05) is 21.2 Å². The first kappa shape index (κ1) is 16.3. The Morgan fingerprint density at radius 3 is 1.62 bits per heavy atom. The van der Waals surface area contributed by atoms with Crippen molar-refractivity contribution in [1.82, 2.24) is 0 Å². The minimum absolute atomic E-state index is 0.191. The van der Waals surface area contributed by atoms with Crippen LogP contribution < -0.4 is 0 Å². The first-order chi connectivity index (χ1) is 5.85. The molecular weight excluding hydrogens is 257 g/mol. The predicted octanol–water partition coefficient (Wildman–Crippen LogP) is 2.87. The van der Waals surface area contributed by atoms with Crippen LogP contribution >= 0.6 is 43.1 Å². The molecule has 0 aromatic heterocycles. The van der Waals surface area contributed by atoms with Crippen LogP contribution in [0.3, 0.4) is 0 Å². The SMILES string of the molecule is CC(Cl)(CCCl)CCCl.O=[P+](O)O. The maximum Gasteiger partial charge on any atom is 0.692 e. The van der Waals surface area contributed by atoms with Gasteiger partial charge in [0.15, 0.2) is 0 Å². The minimum atomic E-state index is -2.87. The van der Waals surface area contributed by atoms with Crippen LogP contribution in [0.2, 0.25) is 0 Å². The molecule has 80 valence electrons. The van der Waals surface area contributed by atoms with Crippen LogP contribution in [0, 0.1) is 0 Å². The van der Waals surface area contributed by atoms with Gasteiger partial charge in [0.05, 0.1) is 0 Å². The lowest BCUT2D eigenvalue weighted by Crippen LogP contribution is -2.17. The first-order valence-corrected chi connectivity index (χ1v) is 6.13. The molecule has 13 heavy (non-hydrogen) atoms. The van der Waals surface area contributed by atoms with Crippen LogP contribution in [0.1, 0.15) is 19.8 Å². The van der Waals surface area contributed by atoms with Gasteiger partial charge in [0.25, 0.3) is 0 Å². The topological polar surface area (TPSA) is 57.5 Å². The predicted molar refractivity (Wildman–Crippen MR) is 57.0 cm³/mol. The van der Waals surface area contributed by atoms with E-state index in [0.29, 0.717) is 11.8 Å². The Morgan fingerprint density at radius 2 is 1.46 bits per heavy atom. The van der Waals surface area contributed by atoms with E-state index in [1.807, 2.05) is 6.92 Å². The summed E-state index contributed by atoms with van der Waals surface area (Å²) in [6.45, 7) is 1.96. The first-order valence-electron chi connectivity index (χ1n) is 3.51. The van der Waals surface area contributed by atoms with E-state index < -0.39 is 8.25 Å². The van der Waals surface area contributed by atoms with Gasteiger partial charge in [-0.15, -0.1) is 44.6 Å². The molecule has 0 bridgehead atoms. The van der Waals surface area contributed by atoms with Crippen molar-refractivity contribution in [3.63, 3.8) is 0 Å². The van der Waals surface area contributed by atoms with Crippen molar-refractivity contribution < 1.29 is 14.4 Å². The molecule has 0 saturated heterocycles. The molecule has 0 unspecified atom stereocenters. The van der Waals surface area contributed by atoms with Crippen molar-refractivity contribution in [2.24, 2.45) is 0 Å². The standard InChI is InChI=1S/C6H11Cl3.HO3P/c1-6(9,2-4-7)3-5-8;1-4(2)3/h2-5H2,1H3;(H-,1,2,3)/p+1. The fourth-order valence-corrected chi connectivity index (χ4v) is 1.74. The van der Waals surface area contributed by atoms with Crippen LogP contribution in [-0.4, -0.2) is 26.4 Å². The third-order valence-corrected chi connectivity index (χ3v) is 1.99. The fraction of sp³-hybridized carbons (Fsp3) is 1.00. The third kappa shape index (κ3) is 19.3. The average molecular weight is 270 g/mol. The van der Waals surface area contributed by atoms with Crippen LogP contribution in [0.25, 0.3) is 0 Å². The lowest BCUT2D eigenvalue weighted by molar-refractivity contribution is 0.405. The molecule has 2 N–H and O–H groups in total. The van der Waals surface area contributed by atoms with Gasteiger partial charge in [-0.25, -0.2) is 0 Å². The minimum Gasteiger partial charge on any atom is -0.134 e. The van der Waals surface area contributed by atoms with E-state index in [2.05, 4.69) is 0 Å². The third-order valence-electron chi connectivity index (χ3n) is 1.23. The molecule has 0 saturated carbocycles. The average Bonchev–Trinajstić information content (AvgIpc) is 1.84. The van der Waals surface area contributed by atoms with Crippen molar-refractivity contribution >= 4 is 43.1 Å². The summed E-state index contributed by atoms with van der Waals surface area (Å²) in [4.78, 5) is 14.0. The lowest BCUT2D eigenvalue weighted by Gasteiger charge is -2.18. The van der Waals surface area contributed by atoms with Crippen molar-refractivity contribution in [3.8, 4) is 0 Å². The van der Waals surface area contributed by atoms with Crippen LogP contribution in [-0.2, 0) is 4.57 Å². The smallest absolute Gasteiger partial charge is 0.134 e. The van der Waals surface area contributed by atoms with E-state index in [-0.39, 0.29) is 4.87 Å². The molecule has 0 aliphatic rings. The van der Waals surface area contributed by atoms with E-state index in [0.717, 1.165) is 12.8 Å². The number of hydrogen-bond acceptors (Lipinski definition) is 1. The van der Waals surface area contributed by atoms with Crippen molar-refractivity contribution in [1.29, 1.82) is 0 Å². The van der Waals surface area contributed by atoms with E-state index in [4.69, 9.17) is 49.2 Å². The molecule has 0 aromatic carbocycles. The molecule has 0 aromatic rings. The lowest BCUT2D eigenvalue weighted by atomic mass is 10.1. The van der Waals surface area contributed by atoms with Crippen LogP contribution in [0.5, 0.6) is 0 Å². The zero-order chi connectivity index (χ0) is 10.9. The highest BCUT2D eigenvalue weighted by Crippen LogP contribution is 2.24. The molecule has 0 aliphatic carbocycles. The molecule has 0 atom stereocenters. The molecule has 0 fully saturated rings. The zero-order valence-electron chi connectivity index (χ0n) is 7.21. The van der Waals surface area contributed by atoms with Gasteiger partial charge in [0.1, 0.15) is 0 Å². The van der Waals surface area contributed by atoms with E-state index in [1.165, 1.54) is 0 Å². The zero-order valence-corrected chi connectivity index (χ0v) is 10.4. The summed E-state index contributed by atoms with van der Waals surface area (Å²) in [5, 5.41) is 0. The Morgan fingerprint density at radius 1 is 1.23 bits per heavy atom. The highest BCUT2D eigenvalue weighted by molar-refractivity contribution is 7.30. The molecule has 0 amide bonds. The van der Waals surface area contributed by atoms with Gasteiger partial charge in [-0.05, 0) is 19.8 Å². The molecule has 0 rings (SSSR count). The molecule has 3 nitrogen and oxygen atoms in total. The summed E-state index contributed by atoms with van der Waals surface area (Å²) < 4.78 is 8.70. The van der Waals surface area contributed by atoms with Gasteiger partial charge in [-0.1, -0.05) is 0 Å². The van der Waals surface area contributed by atoms with Gasteiger partial charge in [0.2, 0.25) is 0 Å². The maximum absolute atomic E-state index is 8.70. The highest BCUT2D eigenvalue weighted by atomic mass is 35.5. The Bertz CT molecular complexity index is 131. The number of hydrogen-bond donors (Lipinski definition) is 2. The summed E-state index contributed by atoms with van der Waals surface area (Å²) in [6.07, 6.45) is 1.64. The summed E-state index contributed by atoms with van der Waals surface area (Å²) in [5.74, 6) is 1.22. The van der Waals surface area contributed by atoms with Crippen LogP contribution in [0.4, 0.5) is 0 Å². The normalized spacial score (nSPS) is 10.3. The van der Waals surface area contributed by atoms with Gasteiger partial charge >= 0.3 is 8.25 Å². The summed E-state index contributed by atoms with van der Waals surface area (Å²) in [5.41, 5.74) is 0. The molecule has 0 aliphatic heterocycles. The van der Waals surface area contributed by atoms with Crippen molar-refractivity contribution in [3.05, 3.63) is 0 Å². The van der Waals surface area contributed by atoms with E-state index in [9.17, 15) is 0 Å². The molecule has 0 radical (unpaired) electrons. The summed E-state index contributed by atoms with van der Waals surface area (Å²) in [6, 6.07) is 0. The van der Waals surface area contributed by atoms with Gasteiger partial charge in [-0.2, -0.15) is 0 Å². The Kier molecular flexibility index (Phi) is 11.9. The fourth-order valence-electron chi connectivity index (χ4n) is 0.519. The molecule has 0 spiro atoms. The summed E-state index contributed by atoms with van der Waals surface area (Å²) in [7, 11) is -2.87. The van der Waals surface area contributed by atoms with Crippen molar-refractivity contribution in [2.45, 2.75) is 24.6 Å². The molecular formula is C6H13Cl3O3P+. The molecule has 7 heteroatoms.